The highest BCUT2D eigenvalue weighted by atomic mass is 16.4. The Morgan fingerprint density at radius 1 is 1.41 bits per heavy atom. The molecule has 1 rings (SSSR count). The number of carboxylic acid groups (broad SMARTS) is 1. The minimum atomic E-state index is -1.09. The maximum Gasteiger partial charge on any atom is 0.326 e. The summed E-state index contributed by atoms with van der Waals surface area (Å²) in [6, 6.07) is -0.992. The number of hydrogen-bond acceptors (Lipinski definition) is 4. The Balaban J connectivity index is 2.82. The molecule has 0 saturated heterocycles. The van der Waals surface area contributed by atoms with E-state index in [1.165, 1.54) is 0 Å². The van der Waals surface area contributed by atoms with Crippen molar-refractivity contribution in [1.82, 2.24) is 20.5 Å². The van der Waals surface area contributed by atoms with Crippen LogP contribution in [0.3, 0.4) is 0 Å². The third-order valence-corrected chi connectivity index (χ3v) is 2.19. The van der Waals surface area contributed by atoms with Gasteiger partial charge in [-0.15, -0.1) is 5.10 Å². The highest BCUT2D eigenvalue weighted by Crippen LogP contribution is 2.19. The number of aliphatic carboxylic acids is 1. The van der Waals surface area contributed by atoms with Gasteiger partial charge in [-0.2, -0.15) is 0 Å². The number of aromatic nitrogens is 3. The predicted octanol–water partition coefficient (Wildman–Crippen LogP) is 0.342. The van der Waals surface area contributed by atoms with Crippen LogP contribution in [0.2, 0.25) is 0 Å². The van der Waals surface area contributed by atoms with Gasteiger partial charge in [-0.05, 0) is 12.3 Å². The molecule has 94 valence electrons. The van der Waals surface area contributed by atoms with Crippen molar-refractivity contribution in [2.45, 2.75) is 33.7 Å². The Bertz CT molecular complexity index is 433. The topological polar surface area (TPSA) is 108 Å². The zero-order valence-corrected chi connectivity index (χ0v) is 10.2. The summed E-state index contributed by atoms with van der Waals surface area (Å²) in [6.07, 6.45) is 0. The fourth-order valence-corrected chi connectivity index (χ4v) is 1.29. The summed E-state index contributed by atoms with van der Waals surface area (Å²) in [6.45, 7) is 6.85. The van der Waals surface area contributed by atoms with Gasteiger partial charge in [0.25, 0.3) is 5.91 Å². The lowest BCUT2D eigenvalue weighted by Gasteiger charge is -2.27. The van der Waals surface area contributed by atoms with E-state index in [0.29, 0.717) is 5.82 Å². The van der Waals surface area contributed by atoms with Gasteiger partial charge in [0.1, 0.15) is 11.9 Å². The van der Waals surface area contributed by atoms with Crippen LogP contribution in [0.4, 0.5) is 0 Å². The van der Waals surface area contributed by atoms with Gasteiger partial charge in [0.2, 0.25) is 5.82 Å². The Morgan fingerprint density at radius 2 is 2.00 bits per heavy atom. The van der Waals surface area contributed by atoms with Crippen molar-refractivity contribution >= 4 is 11.9 Å². The molecule has 7 nitrogen and oxygen atoms in total. The molecule has 3 N–H and O–H groups in total. The standard InChI is InChI=1S/C10H16N4O3/c1-5-11-7(14-13-5)8(15)12-6(9(16)17)10(2,3)4/h6H,1-4H3,(H,12,15)(H,16,17)(H,11,13,14). The maximum atomic E-state index is 11.7. The summed E-state index contributed by atoms with van der Waals surface area (Å²) < 4.78 is 0. The number of carboxylic acids is 1. The van der Waals surface area contributed by atoms with Crippen LogP contribution in [0.5, 0.6) is 0 Å². The number of aromatic amines is 1. The lowest BCUT2D eigenvalue weighted by atomic mass is 9.87. The van der Waals surface area contributed by atoms with Gasteiger partial charge in [0.05, 0.1) is 0 Å². The quantitative estimate of drug-likeness (QED) is 0.706. The smallest absolute Gasteiger partial charge is 0.326 e. The van der Waals surface area contributed by atoms with Gasteiger partial charge in [0, 0.05) is 0 Å². The average molecular weight is 240 g/mol. The summed E-state index contributed by atoms with van der Waals surface area (Å²) in [5.41, 5.74) is -0.590. The van der Waals surface area contributed by atoms with Gasteiger partial charge in [-0.1, -0.05) is 20.8 Å². The van der Waals surface area contributed by atoms with Crippen LogP contribution in [0.25, 0.3) is 0 Å². The number of carbonyl (C=O) groups excluding carboxylic acids is 1. The average Bonchev–Trinajstić information content (AvgIpc) is 2.58. The van der Waals surface area contributed by atoms with Crippen LogP contribution >= 0.6 is 0 Å². The molecular weight excluding hydrogens is 224 g/mol. The molecule has 0 aliphatic carbocycles. The Hall–Kier alpha value is -1.92. The highest BCUT2D eigenvalue weighted by molar-refractivity contribution is 5.93. The van der Waals surface area contributed by atoms with Crippen molar-refractivity contribution in [3.05, 3.63) is 11.6 Å². The van der Waals surface area contributed by atoms with E-state index in [2.05, 4.69) is 20.5 Å². The summed E-state index contributed by atoms with van der Waals surface area (Å²) >= 11 is 0. The van der Waals surface area contributed by atoms with Crippen LogP contribution in [0.1, 0.15) is 37.2 Å². The molecule has 0 fully saturated rings. The van der Waals surface area contributed by atoms with E-state index in [-0.39, 0.29) is 5.82 Å². The van der Waals surface area contributed by atoms with Gasteiger partial charge >= 0.3 is 5.97 Å². The van der Waals surface area contributed by atoms with Crippen LogP contribution in [0.15, 0.2) is 0 Å². The molecule has 0 spiro atoms. The summed E-state index contributed by atoms with van der Waals surface area (Å²) in [7, 11) is 0. The molecule has 1 unspecified atom stereocenters. The lowest BCUT2D eigenvalue weighted by Crippen LogP contribution is -2.49. The number of nitrogens with one attached hydrogen (secondary N) is 2. The summed E-state index contributed by atoms with van der Waals surface area (Å²) in [4.78, 5) is 26.6. The van der Waals surface area contributed by atoms with E-state index in [9.17, 15) is 9.59 Å². The first-order valence-corrected chi connectivity index (χ1v) is 5.14. The molecule has 0 aliphatic rings. The molecule has 0 bridgehead atoms. The number of aryl methyl sites for hydroxylation is 1. The van der Waals surface area contributed by atoms with Crippen molar-refractivity contribution in [1.29, 1.82) is 0 Å². The molecule has 1 amide bonds. The number of nitrogens with zero attached hydrogens (tertiary/aromatic N) is 2. The third-order valence-electron chi connectivity index (χ3n) is 2.19. The second-order valence-corrected chi connectivity index (χ2v) is 4.86. The Morgan fingerprint density at radius 3 is 2.35 bits per heavy atom. The number of hydrogen-bond donors (Lipinski definition) is 3. The molecule has 1 heterocycles. The van der Waals surface area contributed by atoms with Crippen LogP contribution in [-0.4, -0.2) is 38.2 Å². The predicted molar refractivity (Wildman–Crippen MR) is 59.5 cm³/mol. The molecule has 17 heavy (non-hydrogen) atoms. The van der Waals surface area contributed by atoms with Crippen molar-refractivity contribution in [3.63, 3.8) is 0 Å². The van der Waals surface area contributed by atoms with E-state index in [4.69, 9.17) is 5.11 Å². The van der Waals surface area contributed by atoms with Gasteiger partial charge in [-0.3, -0.25) is 9.89 Å². The monoisotopic (exact) mass is 240 g/mol. The molecule has 0 aliphatic heterocycles. The Kier molecular flexibility index (Phi) is 3.50. The minimum Gasteiger partial charge on any atom is -0.480 e. The van der Waals surface area contributed by atoms with E-state index in [1.54, 1.807) is 27.7 Å². The zero-order valence-electron chi connectivity index (χ0n) is 10.2. The van der Waals surface area contributed by atoms with E-state index in [0.717, 1.165) is 0 Å². The normalized spacial score (nSPS) is 13.2. The second kappa shape index (κ2) is 4.52. The van der Waals surface area contributed by atoms with Gasteiger partial charge in [0.15, 0.2) is 0 Å². The number of amides is 1. The van der Waals surface area contributed by atoms with Crippen LogP contribution in [-0.2, 0) is 4.79 Å². The minimum absolute atomic E-state index is 0.0574. The highest BCUT2D eigenvalue weighted by Gasteiger charge is 2.33. The number of carbonyl (C=O) groups is 2. The fourth-order valence-electron chi connectivity index (χ4n) is 1.29. The summed E-state index contributed by atoms with van der Waals surface area (Å²) in [5.74, 6) is -1.24. The van der Waals surface area contributed by atoms with E-state index in [1.807, 2.05) is 0 Å². The molecule has 0 radical (unpaired) electrons. The first kappa shape index (κ1) is 13.1. The molecule has 1 atom stereocenters. The van der Waals surface area contributed by atoms with Crippen LogP contribution < -0.4 is 5.32 Å². The van der Waals surface area contributed by atoms with E-state index < -0.39 is 23.3 Å². The third kappa shape index (κ3) is 3.27. The van der Waals surface area contributed by atoms with Crippen molar-refractivity contribution in [3.8, 4) is 0 Å². The zero-order chi connectivity index (χ0) is 13.2. The SMILES string of the molecule is Cc1nc(C(=O)NC(C(=O)O)C(C)(C)C)n[nH]1. The molecule has 0 aromatic carbocycles. The first-order chi connectivity index (χ1) is 7.71. The largest absolute Gasteiger partial charge is 0.480 e. The lowest BCUT2D eigenvalue weighted by molar-refractivity contribution is -0.142. The van der Waals surface area contributed by atoms with E-state index >= 15 is 0 Å². The maximum absolute atomic E-state index is 11.7. The molecule has 1 aromatic rings. The molecule has 7 heteroatoms. The van der Waals surface area contributed by atoms with Crippen molar-refractivity contribution < 1.29 is 14.7 Å². The fraction of sp³-hybridized carbons (Fsp3) is 0.600. The molecule has 0 saturated carbocycles. The van der Waals surface area contributed by atoms with Gasteiger partial charge < -0.3 is 10.4 Å². The number of H-pyrrole nitrogens is 1. The van der Waals surface area contributed by atoms with Gasteiger partial charge in [-0.25, -0.2) is 9.78 Å². The van der Waals surface area contributed by atoms with Crippen molar-refractivity contribution in [2.75, 3.05) is 0 Å². The van der Waals surface area contributed by atoms with Crippen molar-refractivity contribution in [2.24, 2.45) is 5.41 Å². The number of rotatable bonds is 3. The first-order valence-electron chi connectivity index (χ1n) is 5.14. The summed E-state index contributed by atoms with van der Waals surface area (Å²) in [5, 5.41) is 17.6. The molecular formula is C10H16N4O3. The molecule has 1 aromatic heterocycles. The second-order valence-electron chi connectivity index (χ2n) is 4.86. The Labute approximate surface area is 98.6 Å². The van der Waals surface area contributed by atoms with Crippen LogP contribution in [0, 0.1) is 12.3 Å².